The first-order chi connectivity index (χ1) is 20.5. The lowest BCUT2D eigenvalue weighted by molar-refractivity contribution is -0.153. The molecule has 3 aromatic rings. The van der Waals surface area contributed by atoms with Crippen molar-refractivity contribution < 1.29 is 39.5 Å². The smallest absolute Gasteiger partial charge is 0.422 e. The molecule has 2 N–H and O–H groups in total. The zero-order valence-corrected chi connectivity index (χ0v) is 25.3. The summed E-state index contributed by atoms with van der Waals surface area (Å²) in [6, 6.07) is 10.8. The second kappa shape index (κ2) is 13.2. The number of anilines is 2. The Labute approximate surface area is 252 Å². The number of sulfone groups is 1. The Balaban J connectivity index is 1.58. The number of hydrogen-bond donors (Lipinski definition) is 2. The highest BCUT2D eigenvalue weighted by Crippen LogP contribution is 2.33. The maximum atomic E-state index is 13.6. The Kier molecular flexibility index (Phi) is 9.99. The quantitative estimate of drug-likeness (QED) is 0.211. The van der Waals surface area contributed by atoms with Crippen molar-refractivity contribution in [2.75, 3.05) is 44.1 Å². The molecule has 0 saturated heterocycles. The van der Waals surface area contributed by atoms with Crippen LogP contribution in [0.1, 0.15) is 31.4 Å². The summed E-state index contributed by atoms with van der Waals surface area (Å²) >= 11 is 0. The van der Waals surface area contributed by atoms with Crippen molar-refractivity contribution in [2.24, 2.45) is 0 Å². The minimum Gasteiger partial charge on any atom is -0.482 e. The van der Waals surface area contributed by atoms with E-state index in [2.05, 4.69) is 41.5 Å². The highest BCUT2D eigenvalue weighted by Gasteiger charge is 2.31. The summed E-state index contributed by atoms with van der Waals surface area (Å²) < 4.78 is 109. The van der Waals surface area contributed by atoms with Crippen LogP contribution < -0.4 is 15.4 Å². The summed E-state index contributed by atoms with van der Waals surface area (Å²) in [5.74, 6) is 5.13. The molecular formula is C30H34F6N4O3S. The van der Waals surface area contributed by atoms with Gasteiger partial charge < -0.3 is 24.8 Å². The summed E-state index contributed by atoms with van der Waals surface area (Å²) in [5.41, 5.74) is 1.24. The lowest BCUT2D eigenvalue weighted by atomic mass is 9.90. The van der Waals surface area contributed by atoms with Gasteiger partial charge in [0, 0.05) is 35.5 Å². The maximum absolute atomic E-state index is 13.6. The Morgan fingerprint density at radius 1 is 0.977 bits per heavy atom. The molecule has 0 atom stereocenters. The van der Waals surface area contributed by atoms with Crippen LogP contribution in [0.25, 0.3) is 10.9 Å². The van der Waals surface area contributed by atoms with Crippen molar-refractivity contribution in [1.29, 1.82) is 0 Å². The van der Waals surface area contributed by atoms with E-state index in [1.54, 1.807) is 18.2 Å². The number of fused-ring (bicyclic) bond motifs is 1. The summed E-state index contributed by atoms with van der Waals surface area (Å²) in [6.45, 7) is -3.08. The molecule has 7 nitrogen and oxygen atoms in total. The molecule has 1 aliphatic carbocycles. The molecule has 4 rings (SSSR count). The monoisotopic (exact) mass is 644 g/mol. The van der Waals surface area contributed by atoms with Crippen LogP contribution in [-0.4, -0.2) is 75.8 Å². The molecule has 0 bridgehead atoms. The molecule has 0 unspecified atom stereocenters. The number of nitrogens with zero attached hydrogens (tertiary/aromatic N) is 2. The van der Waals surface area contributed by atoms with Gasteiger partial charge in [-0.2, -0.15) is 26.3 Å². The van der Waals surface area contributed by atoms with E-state index < -0.39 is 35.3 Å². The Morgan fingerprint density at radius 3 is 2.30 bits per heavy atom. The fourth-order valence-corrected chi connectivity index (χ4v) is 5.89. The van der Waals surface area contributed by atoms with Crippen molar-refractivity contribution in [3.8, 4) is 17.6 Å². The number of rotatable bonds is 9. The zero-order valence-electron chi connectivity index (χ0n) is 24.4. The summed E-state index contributed by atoms with van der Waals surface area (Å²) in [6.07, 6.45) is -4.38. The number of nitrogens with one attached hydrogen (secondary N) is 2. The van der Waals surface area contributed by atoms with Gasteiger partial charge in [-0.15, -0.1) is 0 Å². The second-order valence-electron chi connectivity index (χ2n) is 11.1. The van der Waals surface area contributed by atoms with Crippen LogP contribution in [0.2, 0.25) is 0 Å². The van der Waals surface area contributed by atoms with E-state index >= 15 is 0 Å². The molecule has 2 aromatic carbocycles. The lowest BCUT2D eigenvalue weighted by Crippen LogP contribution is -2.36. The maximum Gasteiger partial charge on any atom is 0.422 e. The van der Waals surface area contributed by atoms with Gasteiger partial charge in [0.15, 0.2) is 16.4 Å². The van der Waals surface area contributed by atoms with Crippen molar-refractivity contribution in [3.05, 3.63) is 48.2 Å². The summed E-state index contributed by atoms with van der Waals surface area (Å²) in [4.78, 5) is 1.97. The molecule has 0 aliphatic heterocycles. The van der Waals surface area contributed by atoms with Gasteiger partial charge in [-0.3, -0.25) is 0 Å². The van der Waals surface area contributed by atoms with Crippen LogP contribution in [0.15, 0.2) is 47.4 Å². The number of benzene rings is 2. The topological polar surface area (TPSA) is 75.6 Å². The molecule has 0 amide bonds. The van der Waals surface area contributed by atoms with E-state index in [0.717, 1.165) is 48.3 Å². The predicted octanol–water partition coefficient (Wildman–Crippen LogP) is 6.30. The predicted molar refractivity (Wildman–Crippen MR) is 158 cm³/mol. The van der Waals surface area contributed by atoms with E-state index in [-0.39, 0.29) is 34.6 Å². The third-order valence-electron chi connectivity index (χ3n) is 7.43. The molecule has 1 heterocycles. The largest absolute Gasteiger partial charge is 0.482 e. The van der Waals surface area contributed by atoms with E-state index in [4.69, 9.17) is 4.74 Å². The number of aromatic nitrogens is 1. The SMILES string of the molecule is CN(C)C1CCC(Nc2cccc3c2cc(C#CCNc2ccc(S(C)(=O)=O)cc2OCC(F)(F)F)n3CC(F)(F)F)CC1. The normalized spacial score (nSPS) is 17.8. The Morgan fingerprint density at radius 2 is 1.68 bits per heavy atom. The molecule has 44 heavy (non-hydrogen) atoms. The van der Waals surface area contributed by atoms with Crippen molar-refractivity contribution >= 4 is 32.1 Å². The molecule has 14 heteroatoms. The first kappa shape index (κ1) is 33.3. The number of alkyl halides is 6. The molecule has 0 radical (unpaired) electrons. The fraction of sp³-hybridized carbons (Fsp3) is 0.467. The van der Waals surface area contributed by atoms with Crippen LogP contribution >= 0.6 is 0 Å². The fourth-order valence-electron chi connectivity index (χ4n) is 5.25. The third-order valence-corrected chi connectivity index (χ3v) is 8.54. The molecule has 1 aromatic heterocycles. The highest BCUT2D eigenvalue weighted by molar-refractivity contribution is 7.90. The van der Waals surface area contributed by atoms with Crippen molar-refractivity contribution in [2.45, 2.75) is 61.6 Å². The summed E-state index contributed by atoms with van der Waals surface area (Å²) in [5, 5.41) is 6.88. The highest BCUT2D eigenvalue weighted by atomic mass is 32.2. The first-order valence-corrected chi connectivity index (χ1v) is 15.8. The number of hydrogen-bond acceptors (Lipinski definition) is 6. The van der Waals surface area contributed by atoms with Gasteiger partial charge in [-0.1, -0.05) is 12.0 Å². The number of halogens is 6. The van der Waals surface area contributed by atoms with Crippen LogP contribution in [0, 0.1) is 11.8 Å². The molecular weight excluding hydrogens is 610 g/mol. The third kappa shape index (κ3) is 8.98. The van der Waals surface area contributed by atoms with Gasteiger partial charge in [0.1, 0.15) is 12.3 Å². The van der Waals surface area contributed by atoms with Crippen LogP contribution in [0.5, 0.6) is 5.75 Å². The molecule has 1 saturated carbocycles. The van der Waals surface area contributed by atoms with Crippen LogP contribution in [0.3, 0.4) is 0 Å². The van der Waals surface area contributed by atoms with E-state index in [1.165, 1.54) is 12.1 Å². The first-order valence-electron chi connectivity index (χ1n) is 13.9. The van der Waals surface area contributed by atoms with Gasteiger partial charge in [0.25, 0.3) is 0 Å². The molecule has 1 fully saturated rings. The lowest BCUT2D eigenvalue weighted by Gasteiger charge is -2.33. The van der Waals surface area contributed by atoms with Crippen LogP contribution in [0.4, 0.5) is 37.7 Å². The van der Waals surface area contributed by atoms with E-state index in [1.807, 2.05) is 6.07 Å². The molecule has 240 valence electrons. The zero-order chi connectivity index (χ0) is 32.3. The van der Waals surface area contributed by atoms with Gasteiger partial charge >= 0.3 is 12.4 Å². The average molecular weight is 645 g/mol. The van der Waals surface area contributed by atoms with Crippen LogP contribution in [-0.2, 0) is 16.4 Å². The molecule has 0 spiro atoms. The average Bonchev–Trinajstić information content (AvgIpc) is 3.26. The Bertz CT molecular complexity index is 1630. The van der Waals surface area contributed by atoms with Gasteiger partial charge in [-0.25, -0.2) is 8.42 Å². The van der Waals surface area contributed by atoms with Gasteiger partial charge in [0.05, 0.1) is 28.3 Å². The molecule has 1 aliphatic rings. The van der Waals surface area contributed by atoms with Crippen molar-refractivity contribution in [3.63, 3.8) is 0 Å². The summed E-state index contributed by atoms with van der Waals surface area (Å²) in [7, 11) is 0.375. The number of ether oxygens (including phenoxy) is 1. The van der Waals surface area contributed by atoms with E-state index in [0.29, 0.717) is 16.9 Å². The second-order valence-corrected chi connectivity index (χ2v) is 13.1. The van der Waals surface area contributed by atoms with Crippen molar-refractivity contribution in [1.82, 2.24) is 9.47 Å². The minimum atomic E-state index is -4.66. The van der Waals surface area contributed by atoms with Gasteiger partial charge in [0.2, 0.25) is 0 Å². The Hall–Kier alpha value is -3.57. The standard InChI is InChI=1S/C30H34F6N4O3S/c1-39(2)21-11-9-20(10-12-21)38-25-7-4-8-27-24(25)16-22(40(27)18-29(31,32)33)6-5-15-37-26-14-13-23(44(3,41)42)17-28(26)43-19-30(34,35)36/h4,7-8,13-14,16-17,20-21,37-38H,9-12,15,18-19H2,1-3H3. The van der Waals surface area contributed by atoms with E-state index in [9.17, 15) is 34.8 Å². The minimum absolute atomic E-state index is 0.0438. The van der Waals surface area contributed by atoms with Gasteiger partial charge in [-0.05, 0) is 76.0 Å².